The summed E-state index contributed by atoms with van der Waals surface area (Å²) in [5, 5.41) is 6.90. The third-order valence-corrected chi connectivity index (χ3v) is 5.73. The van der Waals surface area contributed by atoms with E-state index in [2.05, 4.69) is 15.3 Å². The molecule has 1 aromatic carbocycles. The van der Waals surface area contributed by atoms with Gasteiger partial charge in [-0.25, -0.2) is 13.2 Å². The predicted octanol–water partition coefficient (Wildman–Crippen LogP) is 3.21. The molecule has 1 unspecified atom stereocenters. The van der Waals surface area contributed by atoms with Gasteiger partial charge >= 0.3 is 6.09 Å². The van der Waals surface area contributed by atoms with Gasteiger partial charge in [0.05, 0.1) is 29.8 Å². The van der Waals surface area contributed by atoms with Gasteiger partial charge in [-0.15, -0.1) is 0 Å². The summed E-state index contributed by atoms with van der Waals surface area (Å²) in [6, 6.07) is 5.95. The third kappa shape index (κ3) is 7.74. The van der Waals surface area contributed by atoms with Crippen LogP contribution in [0.25, 0.3) is 10.4 Å². The topological polar surface area (TPSA) is 134 Å². The molecule has 1 heterocycles. The number of ether oxygens (including phenoxy) is 2. The van der Waals surface area contributed by atoms with Crippen LogP contribution < -0.4 is 5.32 Å². The first kappa shape index (κ1) is 23.8. The number of carbonyl (C=O) groups is 1. The number of nitrogens with one attached hydrogen (secondary N) is 1. The SMILES string of the molecule is CC(C)OC(=O)N1CCC(OCC(CNc2ccc(S(C)(=O)=O)cc2)N=[N+]=[N-])CC1. The number of azide groups is 1. The number of piperidine rings is 1. The van der Waals surface area contributed by atoms with Crippen LogP contribution in [-0.4, -0.2) is 70.2 Å². The number of hydrogen-bond donors (Lipinski definition) is 1. The van der Waals surface area contributed by atoms with Crippen molar-refractivity contribution < 1.29 is 22.7 Å². The minimum absolute atomic E-state index is 0.0152. The van der Waals surface area contributed by atoms with E-state index in [0.29, 0.717) is 32.5 Å². The molecule has 1 aromatic rings. The van der Waals surface area contributed by atoms with Crippen molar-refractivity contribution in [2.24, 2.45) is 5.11 Å². The molecular weight excluding hydrogens is 410 g/mol. The van der Waals surface area contributed by atoms with Gasteiger partial charge in [-0.1, -0.05) is 5.11 Å². The van der Waals surface area contributed by atoms with E-state index in [0.717, 1.165) is 11.9 Å². The molecule has 1 N–H and O–H groups in total. The number of likely N-dealkylation sites (tertiary alicyclic amines) is 1. The Labute approximate surface area is 177 Å². The van der Waals surface area contributed by atoms with Crippen molar-refractivity contribution >= 4 is 21.6 Å². The second-order valence-electron chi connectivity index (χ2n) is 7.49. The summed E-state index contributed by atoms with van der Waals surface area (Å²) in [5.41, 5.74) is 9.53. The molecule has 11 heteroatoms. The fourth-order valence-corrected chi connectivity index (χ4v) is 3.62. The number of benzene rings is 1. The number of amides is 1. The van der Waals surface area contributed by atoms with Gasteiger partial charge in [-0.2, -0.15) is 0 Å². The van der Waals surface area contributed by atoms with Crippen LogP contribution in [0.15, 0.2) is 34.3 Å². The zero-order valence-corrected chi connectivity index (χ0v) is 18.3. The zero-order valence-electron chi connectivity index (χ0n) is 17.5. The van der Waals surface area contributed by atoms with Crippen LogP contribution in [-0.2, 0) is 19.3 Å². The lowest BCUT2D eigenvalue weighted by atomic mass is 10.1. The number of anilines is 1. The Balaban J connectivity index is 1.78. The predicted molar refractivity (Wildman–Crippen MR) is 113 cm³/mol. The summed E-state index contributed by atoms with van der Waals surface area (Å²) < 4.78 is 34.1. The fourth-order valence-electron chi connectivity index (χ4n) is 2.99. The minimum Gasteiger partial charge on any atom is -0.447 e. The summed E-state index contributed by atoms with van der Waals surface area (Å²) >= 11 is 0. The highest BCUT2D eigenvalue weighted by Gasteiger charge is 2.25. The maximum atomic E-state index is 11.9. The van der Waals surface area contributed by atoms with Crippen molar-refractivity contribution in [3.8, 4) is 0 Å². The molecule has 2 rings (SSSR count). The van der Waals surface area contributed by atoms with E-state index in [1.54, 1.807) is 17.0 Å². The molecule has 1 amide bonds. The van der Waals surface area contributed by atoms with Gasteiger partial charge in [0.25, 0.3) is 0 Å². The van der Waals surface area contributed by atoms with Gasteiger partial charge in [0, 0.05) is 36.5 Å². The summed E-state index contributed by atoms with van der Waals surface area (Å²) in [4.78, 5) is 16.7. The quantitative estimate of drug-likeness (QED) is 0.357. The van der Waals surface area contributed by atoms with E-state index >= 15 is 0 Å². The molecule has 0 saturated carbocycles. The van der Waals surface area contributed by atoms with Crippen LogP contribution >= 0.6 is 0 Å². The first-order valence-electron chi connectivity index (χ1n) is 9.84. The highest BCUT2D eigenvalue weighted by Crippen LogP contribution is 2.17. The lowest BCUT2D eigenvalue weighted by molar-refractivity contribution is -0.00173. The van der Waals surface area contributed by atoms with Gasteiger partial charge < -0.3 is 19.7 Å². The lowest BCUT2D eigenvalue weighted by Crippen LogP contribution is -2.42. The molecule has 1 aliphatic heterocycles. The average Bonchev–Trinajstić information content (AvgIpc) is 2.69. The molecule has 30 heavy (non-hydrogen) atoms. The largest absolute Gasteiger partial charge is 0.447 e. The van der Waals surface area contributed by atoms with Gasteiger partial charge in [-0.05, 0) is 56.5 Å². The lowest BCUT2D eigenvalue weighted by Gasteiger charge is -2.32. The molecule has 10 nitrogen and oxygen atoms in total. The highest BCUT2D eigenvalue weighted by atomic mass is 32.2. The molecule has 1 aliphatic rings. The first-order valence-corrected chi connectivity index (χ1v) is 11.7. The van der Waals surface area contributed by atoms with Crippen molar-refractivity contribution in [1.82, 2.24) is 4.90 Å². The Morgan fingerprint density at radius 3 is 2.47 bits per heavy atom. The number of hydrogen-bond acceptors (Lipinski definition) is 7. The van der Waals surface area contributed by atoms with Crippen LogP contribution in [0.5, 0.6) is 0 Å². The van der Waals surface area contributed by atoms with Crippen molar-refractivity contribution in [1.29, 1.82) is 0 Å². The van der Waals surface area contributed by atoms with Crippen LogP contribution in [0.4, 0.5) is 10.5 Å². The van der Waals surface area contributed by atoms with Gasteiger partial charge in [0.2, 0.25) is 0 Å². The van der Waals surface area contributed by atoms with Crippen LogP contribution in [0.2, 0.25) is 0 Å². The molecular formula is C19H29N5O5S. The molecule has 0 bridgehead atoms. The average molecular weight is 440 g/mol. The minimum atomic E-state index is -3.24. The van der Waals surface area contributed by atoms with Crippen molar-refractivity contribution in [2.75, 3.05) is 37.8 Å². The Bertz CT molecular complexity index is 845. The standard InChI is InChI=1S/C19H29N5O5S/c1-14(2)29-19(25)24-10-8-17(9-11-24)28-13-16(22-23-20)12-21-15-4-6-18(7-5-15)30(3,26)27/h4-7,14,16-17,21H,8-13H2,1-3H3. The van der Waals surface area contributed by atoms with Crippen molar-refractivity contribution in [3.05, 3.63) is 34.7 Å². The van der Waals surface area contributed by atoms with Crippen molar-refractivity contribution in [2.45, 2.75) is 49.8 Å². The Morgan fingerprint density at radius 1 is 1.30 bits per heavy atom. The normalized spacial score (nSPS) is 16.1. The molecule has 1 fully saturated rings. The van der Waals surface area contributed by atoms with Crippen LogP contribution in [0.1, 0.15) is 26.7 Å². The molecule has 1 atom stereocenters. The van der Waals surface area contributed by atoms with E-state index in [1.807, 2.05) is 13.8 Å². The smallest absolute Gasteiger partial charge is 0.410 e. The van der Waals surface area contributed by atoms with Gasteiger partial charge in [-0.3, -0.25) is 0 Å². The monoisotopic (exact) mass is 439 g/mol. The number of nitrogens with zero attached hydrogens (tertiary/aromatic N) is 4. The maximum absolute atomic E-state index is 11.9. The molecule has 1 saturated heterocycles. The Hall–Kier alpha value is -2.49. The third-order valence-electron chi connectivity index (χ3n) is 4.60. The Morgan fingerprint density at radius 2 is 1.93 bits per heavy atom. The maximum Gasteiger partial charge on any atom is 0.410 e. The molecule has 0 aromatic heterocycles. The second-order valence-corrected chi connectivity index (χ2v) is 9.50. The summed E-state index contributed by atoms with van der Waals surface area (Å²) in [5.74, 6) is 0. The summed E-state index contributed by atoms with van der Waals surface area (Å²) in [6.07, 6.45) is 2.07. The molecule has 0 aliphatic carbocycles. The molecule has 166 valence electrons. The number of sulfone groups is 1. The summed E-state index contributed by atoms with van der Waals surface area (Å²) in [7, 11) is -3.24. The molecule has 0 spiro atoms. The van der Waals surface area contributed by atoms with Crippen molar-refractivity contribution in [3.63, 3.8) is 0 Å². The molecule has 0 radical (unpaired) electrons. The van der Waals surface area contributed by atoms with E-state index in [9.17, 15) is 13.2 Å². The van der Waals surface area contributed by atoms with E-state index in [1.165, 1.54) is 12.1 Å². The summed E-state index contributed by atoms with van der Waals surface area (Å²) in [6.45, 7) is 5.36. The van der Waals surface area contributed by atoms with E-state index in [4.69, 9.17) is 15.0 Å². The number of carbonyl (C=O) groups excluding carboxylic acids is 1. The van der Waals surface area contributed by atoms with Crippen LogP contribution in [0, 0.1) is 0 Å². The Kier molecular flexibility index (Phi) is 8.76. The van der Waals surface area contributed by atoms with Gasteiger partial charge in [0.15, 0.2) is 9.84 Å². The van der Waals surface area contributed by atoms with Crippen LogP contribution in [0.3, 0.4) is 0 Å². The fraction of sp³-hybridized carbons (Fsp3) is 0.632. The van der Waals surface area contributed by atoms with Gasteiger partial charge in [0.1, 0.15) is 0 Å². The number of rotatable bonds is 9. The highest BCUT2D eigenvalue weighted by molar-refractivity contribution is 7.90. The first-order chi connectivity index (χ1) is 14.2. The van der Waals surface area contributed by atoms with E-state index in [-0.39, 0.29) is 29.8 Å². The second kappa shape index (κ2) is 11.1. The van der Waals surface area contributed by atoms with E-state index < -0.39 is 15.9 Å². The zero-order chi connectivity index (χ0) is 22.1.